The number of nitrogens with zero attached hydrogens (tertiary/aromatic N) is 2. The van der Waals surface area contributed by atoms with E-state index in [1.807, 2.05) is 30.0 Å². The Bertz CT molecular complexity index is 945. The number of methoxy groups -OCH3 is 1. The highest BCUT2D eigenvalue weighted by atomic mass is 35.5. The molecular formula is C26H38ClN3O3S. The molecule has 1 aliphatic rings. The van der Waals surface area contributed by atoms with Crippen LogP contribution >= 0.6 is 23.4 Å². The number of unbranched alkanes of at least 4 members (excludes halogenated alkanes) is 1. The van der Waals surface area contributed by atoms with Crippen LogP contribution < -0.4 is 10.5 Å². The fourth-order valence-electron chi connectivity index (χ4n) is 4.95. The minimum Gasteiger partial charge on any atom is -0.497 e. The van der Waals surface area contributed by atoms with E-state index in [4.69, 9.17) is 22.1 Å². The number of benzene rings is 1. The third-order valence-corrected chi connectivity index (χ3v) is 8.24. The van der Waals surface area contributed by atoms with Crippen molar-refractivity contribution in [1.82, 2.24) is 9.88 Å². The number of hydrogen-bond donors (Lipinski definition) is 2. The summed E-state index contributed by atoms with van der Waals surface area (Å²) in [5, 5.41) is 11.0. The van der Waals surface area contributed by atoms with Crippen molar-refractivity contribution in [2.75, 3.05) is 38.2 Å². The lowest BCUT2D eigenvalue weighted by Crippen LogP contribution is -2.42. The number of aliphatic carboxylic acids is 1. The quantitative estimate of drug-likeness (QED) is 0.340. The fourth-order valence-corrected chi connectivity index (χ4v) is 6.32. The number of carboxylic acids is 1. The number of halogens is 1. The van der Waals surface area contributed by atoms with Gasteiger partial charge >= 0.3 is 5.97 Å². The smallest absolute Gasteiger partial charge is 0.303 e. The molecule has 3 N–H and O–H groups in total. The van der Waals surface area contributed by atoms with Crippen molar-refractivity contribution in [3.8, 4) is 5.75 Å². The summed E-state index contributed by atoms with van der Waals surface area (Å²) in [6.45, 7) is 5.14. The van der Waals surface area contributed by atoms with Gasteiger partial charge in [-0.2, -0.15) is 11.8 Å². The molecule has 0 amide bonds. The monoisotopic (exact) mass is 507 g/mol. The lowest BCUT2D eigenvalue weighted by atomic mass is 9.79. The number of hydrogen-bond acceptors (Lipinski definition) is 6. The number of nitrogens with two attached hydrogens (primary N) is 1. The Morgan fingerprint density at radius 1 is 1.38 bits per heavy atom. The van der Waals surface area contributed by atoms with E-state index >= 15 is 0 Å². The van der Waals surface area contributed by atoms with Crippen LogP contribution in [0, 0.1) is 11.8 Å². The lowest BCUT2D eigenvalue weighted by Gasteiger charge is -2.38. The number of thioether (sulfide) groups is 1. The predicted octanol–water partition coefficient (Wildman–Crippen LogP) is 5.62. The third kappa shape index (κ3) is 7.48. The van der Waals surface area contributed by atoms with Crippen molar-refractivity contribution in [3.05, 3.63) is 35.0 Å². The highest BCUT2D eigenvalue weighted by Crippen LogP contribution is 2.36. The van der Waals surface area contributed by atoms with Gasteiger partial charge in [-0.05, 0) is 73.6 Å². The van der Waals surface area contributed by atoms with Crippen LogP contribution in [-0.2, 0) is 4.79 Å². The molecule has 188 valence electrons. The third-order valence-electron chi connectivity index (χ3n) is 6.89. The fraction of sp³-hybridized carbons (Fsp3) is 0.615. The van der Waals surface area contributed by atoms with Crippen LogP contribution in [0.15, 0.2) is 24.4 Å². The number of fused-ring (bicyclic) bond motifs is 1. The molecule has 6 nitrogen and oxygen atoms in total. The molecule has 2 aromatic rings. The van der Waals surface area contributed by atoms with Gasteiger partial charge in [0, 0.05) is 42.9 Å². The van der Waals surface area contributed by atoms with E-state index in [-0.39, 0.29) is 18.4 Å². The Morgan fingerprint density at radius 2 is 2.21 bits per heavy atom. The minimum absolute atomic E-state index is 0.156. The van der Waals surface area contributed by atoms with Crippen LogP contribution in [0.2, 0.25) is 5.02 Å². The van der Waals surface area contributed by atoms with Gasteiger partial charge in [-0.3, -0.25) is 9.78 Å². The second-order valence-corrected chi connectivity index (χ2v) is 10.9. The Balaban J connectivity index is 1.63. The van der Waals surface area contributed by atoms with E-state index in [2.05, 4.69) is 16.8 Å². The molecular weight excluding hydrogens is 470 g/mol. The van der Waals surface area contributed by atoms with Gasteiger partial charge < -0.3 is 20.5 Å². The van der Waals surface area contributed by atoms with Gasteiger partial charge in [-0.15, -0.1) is 0 Å². The number of ether oxygens (including phenoxy) is 1. The summed E-state index contributed by atoms with van der Waals surface area (Å²) in [6.07, 6.45) is 7.04. The number of carbonyl (C=O) groups is 1. The van der Waals surface area contributed by atoms with E-state index in [1.54, 1.807) is 13.3 Å². The van der Waals surface area contributed by atoms with Crippen LogP contribution in [0.1, 0.15) is 57.1 Å². The summed E-state index contributed by atoms with van der Waals surface area (Å²) in [4.78, 5) is 18.5. The van der Waals surface area contributed by atoms with E-state index in [9.17, 15) is 9.90 Å². The van der Waals surface area contributed by atoms with Crippen molar-refractivity contribution >= 4 is 40.2 Å². The highest BCUT2D eigenvalue weighted by molar-refractivity contribution is 7.99. The highest BCUT2D eigenvalue weighted by Gasteiger charge is 2.31. The van der Waals surface area contributed by atoms with Gasteiger partial charge in [0.2, 0.25) is 0 Å². The molecule has 0 radical (unpaired) electrons. The molecule has 3 atom stereocenters. The average Bonchev–Trinajstić information content (AvgIpc) is 2.82. The first-order chi connectivity index (χ1) is 16.4. The van der Waals surface area contributed by atoms with Crippen molar-refractivity contribution < 1.29 is 14.6 Å². The first kappa shape index (κ1) is 27.1. The van der Waals surface area contributed by atoms with Gasteiger partial charge in [-0.25, -0.2) is 0 Å². The zero-order chi connectivity index (χ0) is 24.5. The van der Waals surface area contributed by atoms with Crippen LogP contribution in [-0.4, -0.2) is 59.2 Å². The van der Waals surface area contributed by atoms with Gasteiger partial charge in [-0.1, -0.05) is 24.9 Å². The maximum absolute atomic E-state index is 11.6. The molecule has 3 rings (SSSR count). The number of piperidine rings is 1. The standard InChI is InChI=1S/C26H38ClN3O3S/c1-3-4-12-34-13-11-30-10-9-18(19(17-30)14-25(31)32)5-7-23(28)26-21-15-20(33-2)6-8-24(21)29-16-22(26)27/h6,8,15-16,18-19,23H,3-5,7,9-14,17,28H2,1-2H3,(H,31,32)/t18?,19?,23-/m1/s1. The van der Waals surface area contributed by atoms with Crippen LogP contribution in [0.4, 0.5) is 0 Å². The summed E-state index contributed by atoms with van der Waals surface area (Å²) >= 11 is 8.55. The maximum atomic E-state index is 11.6. The predicted molar refractivity (Wildman–Crippen MR) is 142 cm³/mol. The van der Waals surface area contributed by atoms with Crippen molar-refractivity contribution in [2.45, 2.75) is 51.5 Å². The Kier molecular flexibility index (Phi) is 10.8. The summed E-state index contributed by atoms with van der Waals surface area (Å²) < 4.78 is 5.39. The summed E-state index contributed by atoms with van der Waals surface area (Å²) in [5.74, 6) is 2.87. The minimum atomic E-state index is -0.714. The molecule has 2 unspecified atom stereocenters. The molecule has 1 aromatic heterocycles. The van der Waals surface area contributed by atoms with Crippen LogP contribution in [0.3, 0.4) is 0 Å². The molecule has 0 saturated carbocycles. The van der Waals surface area contributed by atoms with Crippen molar-refractivity contribution in [2.24, 2.45) is 17.6 Å². The number of pyridine rings is 1. The number of aromatic nitrogens is 1. The van der Waals surface area contributed by atoms with Crippen molar-refractivity contribution in [3.63, 3.8) is 0 Å². The Hall–Kier alpha value is -1.54. The largest absolute Gasteiger partial charge is 0.497 e. The summed E-state index contributed by atoms with van der Waals surface area (Å²) in [7, 11) is 1.64. The number of likely N-dealkylation sites (tertiary alicyclic amines) is 1. The topological polar surface area (TPSA) is 88.7 Å². The van der Waals surface area contributed by atoms with E-state index in [1.165, 1.54) is 18.6 Å². The molecule has 1 aliphatic heterocycles. The Morgan fingerprint density at radius 3 is 2.94 bits per heavy atom. The summed E-state index contributed by atoms with van der Waals surface area (Å²) in [6, 6.07) is 5.49. The van der Waals surface area contributed by atoms with Gasteiger partial charge in [0.1, 0.15) is 5.75 Å². The lowest BCUT2D eigenvalue weighted by molar-refractivity contribution is -0.139. The second kappa shape index (κ2) is 13.5. The van der Waals surface area contributed by atoms with E-state index < -0.39 is 5.97 Å². The molecule has 1 fully saturated rings. The first-order valence-corrected chi connectivity index (χ1v) is 13.9. The zero-order valence-electron chi connectivity index (χ0n) is 20.3. The van der Waals surface area contributed by atoms with E-state index in [0.717, 1.165) is 66.9 Å². The zero-order valence-corrected chi connectivity index (χ0v) is 21.9. The molecule has 0 bridgehead atoms. The molecule has 0 aliphatic carbocycles. The van der Waals surface area contributed by atoms with Crippen molar-refractivity contribution in [1.29, 1.82) is 0 Å². The summed E-state index contributed by atoms with van der Waals surface area (Å²) in [5.41, 5.74) is 8.40. The molecule has 8 heteroatoms. The second-order valence-electron chi connectivity index (χ2n) is 9.26. The van der Waals surface area contributed by atoms with Gasteiger partial charge in [0.05, 0.1) is 17.6 Å². The molecule has 0 spiro atoms. The van der Waals surface area contributed by atoms with Gasteiger partial charge in [0.25, 0.3) is 0 Å². The Labute approximate surface area is 212 Å². The molecule has 2 heterocycles. The molecule has 1 saturated heterocycles. The normalized spacial score (nSPS) is 19.9. The first-order valence-electron chi connectivity index (χ1n) is 12.3. The number of carboxylic acid groups (broad SMARTS) is 1. The molecule has 1 aromatic carbocycles. The van der Waals surface area contributed by atoms with Gasteiger partial charge in [0.15, 0.2) is 0 Å². The van der Waals surface area contributed by atoms with Crippen LogP contribution in [0.25, 0.3) is 10.9 Å². The molecule has 34 heavy (non-hydrogen) atoms. The SMILES string of the molecule is CCCCSCCN1CCC(CC[C@@H](N)c2c(Cl)cnc3ccc(OC)cc23)C(CC(=O)O)C1. The maximum Gasteiger partial charge on any atom is 0.303 e. The van der Waals surface area contributed by atoms with E-state index in [0.29, 0.717) is 10.9 Å². The number of rotatable bonds is 13. The van der Waals surface area contributed by atoms with Crippen LogP contribution in [0.5, 0.6) is 5.75 Å². The average molecular weight is 508 g/mol.